The average Bonchev–Trinajstić information content (AvgIpc) is 2.52. The lowest BCUT2D eigenvalue weighted by molar-refractivity contribution is -0.131. The van der Waals surface area contributed by atoms with Crippen molar-refractivity contribution in [2.24, 2.45) is 0 Å². The van der Waals surface area contributed by atoms with E-state index in [1.807, 2.05) is 36.1 Å². The zero-order valence-corrected chi connectivity index (χ0v) is 12.8. The van der Waals surface area contributed by atoms with E-state index in [0.29, 0.717) is 19.6 Å². The molecule has 21 heavy (non-hydrogen) atoms. The minimum Gasteiger partial charge on any atom is -0.399 e. The summed E-state index contributed by atoms with van der Waals surface area (Å²) in [6.07, 6.45) is 1.40. The van der Waals surface area contributed by atoms with Crippen molar-refractivity contribution in [2.45, 2.75) is 19.8 Å². The molecule has 0 aliphatic carbocycles. The maximum Gasteiger partial charge on any atom is 0.222 e. The number of hydrogen-bond acceptors (Lipinski definition) is 4. The van der Waals surface area contributed by atoms with Crippen molar-refractivity contribution in [3.8, 4) is 0 Å². The first-order chi connectivity index (χ1) is 10.2. The summed E-state index contributed by atoms with van der Waals surface area (Å²) in [4.78, 5) is 16.3. The van der Waals surface area contributed by atoms with Crippen molar-refractivity contribution in [3.05, 3.63) is 24.3 Å². The van der Waals surface area contributed by atoms with Crippen LogP contribution in [0.25, 0.3) is 0 Å². The molecule has 1 saturated heterocycles. The largest absolute Gasteiger partial charge is 0.399 e. The average molecular weight is 291 g/mol. The van der Waals surface area contributed by atoms with Gasteiger partial charge in [-0.1, -0.05) is 0 Å². The summed E-state index contributed by atoms with van der Waals surface area (Å²) in [7, 11) is 0. The molecule has 1 aliphatic rings. The summed E-state index contributed by atoms with van der Waals surface area (Å²) >= 11 is 0. The molecule has 1 fully saturated rings. The number of amides is 1. The number of anilines is 2. The molecule has 5 nitrogen and oxygen atoms in total. The zero-order chi connectivity index (χ0) is 15.1. The lowest BCUT2D eigenvalue weighted by Crippen LogP contribution is -2.48. The van der Waals surface area contributed by atoms with Crippen molar-refractivity contribution in [1.82, 2.24) is 4.90 Å². The van der Waals surface area contributed by atoms with Crippen LogP contribution in [0, 0.1) is 0 Å². The molecule has 116 valence electrons. The van der Waals surface area contributed by atoms with Crippen LogP contribution in [0.1, 0.15) is 19.8 Å². The van der Waals surface area contributed by atoms with Gasteiger partial charge in [-0.2, -0.15) is 0 Å². The normalized spacial score (nSPS) is 15.3. The Morgan fingerprint density at radius 2 is 1.86 bits per heavy atom. The molecule has 1 aromatic rings. The Labute approximate surface area is 126 Å². The van der Waals surface area contributed by atoms with Crippen LogP contribution in [0.5, 0.6) is 0 Å². The fourth-order valence-electron chi connectivity index (χ4n) is 2.53. The summed E-state index contributed by atoms with van der Waals surface area (Å²) in [6.45, 7) is 6.69. The third-order valence-electron chi connectivity index (χ3n) is 3.77. The molecule has 2 N–H and O–H groups in total. The van der Waals surface area contributed by atoms with Crippen LogP contribution in [0.3, 0.4) is 0 Å². The van der Waals surface area contributed by atoms with Crippen molar-refractivity contribution in [1.29, 1.82) is 0 Å². The number of carbonyl (C=O) groups is 1. The van der Waals surface area contributed by atoms with Gasteiger partial charge in [-0.3, -0.25) is 4.79 Å². The maximum absolute atomic E-state index is 12.1. The van der Waals surface area contributed by atoms with E-state index in [1.165, 1.54) is 5.69 Å². The molecular formula is C16H25N3O2. The molecule has 5 heteroatoms. The first-order valence-corrected chi connectivity index (χ1v) is 7.66. The van der Waals surface area contributed by atoms with Gasteiger partial charge in [0.25, 0.3) is 0 Å². The molecule has 2 rings (SSSR count). The summed E-state index contributed by atoms with van der Waals surface area (Å²) in [6, 6.07) is 7.91. The minimum atomic E-state index is 0.242. The van der Waals surface area contributed by atoms with E-state index >= 15 is 0 Å². The molecule has 0 aromatic heterocycles. The number of nitrogens with two attached hydrogens (primary N) is 1. The monoisotopic (exact) mass is 291 g/mol. The second kappa shape index (κ2) is 7.88. The summed E-state index contributed by atoms with van der Waals surface area (Å²) in [5.74, 6) is 0.242. The molecule has 0 spiro atoms. The smallest absolute Gasteiger partial charge is 0.222 e. The Kier molecular flexibility index (Phi) is 5.87. The van der Waals surface area contributed by atoms with Gasteiger partial charge in [0.15, 0.2) is 0 Å². The van der Waals surface area contributed by atoms with Crippen molar-refractivity contribution in [3.63, 3.8) is 0 Å². The predicted molar refractivity (Wildman–Crippen MR) is 85.4 cm³/mol. The molecule has 0 unspecified atom stereocenters. The fraction of sp³-hybridized carbons (Fsp3) is 0.562. The van der Waals surface area contributed by atoms with E-state index in [1.54, 1.807) is 0 Å². The number of piperazine rings is 1. The number of rotatable bonds is 6. The van der Waals surface area contributed by atoms with Crippen LogP contribution >= 0.6 is 0 Å². The highest BCUT2D eigenvalue weighted by Gasteiger charge is 2.20. The van der Waals surface area contributed by atoms with Crippen molar-refractivity contribution < 1.29 is 9.53 Å². The van der Waals surface area contributed by atoms with Gasteiger partial charge < -0.3 is 20.3 Å². The van der Waals surface area contributed by atoms with E-state index < -0.39 is 0 Å². The number of nitrogens with zero attached hydrogens (tertiary/aromatic N) is 2. The summed E-state index contributed by atoms with van der Waals surface area (Å²) in [5.41, 5.74) is 7.66. The van der Waals surface area contributed by atoms with Gasteiger partial charge in [0.05, 0.1) is 0 Å². The van der Waals surface area contributed by atoms with E-state index in [-0.39, 0.29) is 5.91 Å². The molecule has 0 bridgehead atoms. The van der Waals surface area contributed by atoms with Crippen LogP contribution < -0.4 is 10.6 Å². The van der Waals surface area contributed by atoms with E-state index in [4.69, 9.17) is 10.5 Å². The van der Waals surface area contributed by atoms with Gasteiger partial charge >= 0.3 is 0 Å². The maximum atomic E-state index is 12.1. The Balaban J connectivity index is 1.75. The number of benzene rings is 1. The lowest BCUT2D eigenvalue weighted by Gasteiger charge is -2.36. The van der Waals surface area contributed by atoms with E-state index in [0.717, 1.165) is 38.3 Å². The number of carbonyl (C=O) groups excluding carboxylic acids is 1. The van der Waals surface area contributed by atoms with Crippen LogP contribution in [-0.2, 0) is 9.53 Å². The second-order valence-corrected chi connectivity index (χ2v) is 5.26. The topological polar surface area (TPSA) is 58.8 Å². The second-order valence-electron chi connectivity index (χ2n) is 5.26. The van der Waals surface area contributed by atoms with Gasteiger partial charge in [-0.25, -0.2) is 0 Å². The Bertz CT molecular complexity index is 439. The van der Waals surface area contributed by atoms with Crippen LogP contribution in [0.2, 0.25) is 0 Å². The van der Waals surface area contributed by atoms with Crippen molar-refractivity contribution >= 4 is 17.3 Å². The fourth-order valence-corrected chi connectivity index (χ4v) is 2.53. The molecule has 0 saturated carbocycles. The molecule has 1 heterocycles. The first-order valence-electron chi connectivity index (χ1n) is 7.66. The molecule has 0 atom stereocenters. The van der Waals surface area contributed by atoms with E-state index in [2.05, 4.69) is 4.90 Å². The van der Waals surface area contributed by atoms with Crippen LogP contribution in [0.15, 0.2) is 24.3 Å². The summed E-state index contributed by atoms with van der Waals surface area (Å²) in [5, 5.41) is 0. The molecule has 0 radical (unpaired) electrons. The van der Waals surface area contributed by atoms with Gasteiger partial charge in [-0.15, -0.1) is 0 Å². The van der Waals surface area contributed by atoms with Crippen LogP contribution in [0.4, 0.5) is 11.4 Å². The summed E-state index contributed by atoms with van der Waals surface area (Å²) < 4.78 is 5.27. The van der Waals surface area contributed by atoms with Gasteiger partial charge in [0, 0.05) is 57.2 Å². The van der Waals surface area contributed by atoms with Gasteiger partial charge in [-0.05, 0) is 37.6 Å². The number of hydrogen-bond donors (Lipinski definition) is 1. The molecular weight excluding hydrogens is 266 g/mol. The molecule has 1 amide bonds. The minimum absolute atomic E-state index is 0.242. The predicted octanol–water partition coefficient (Wildman–Crippen LogP) is 1.73. The third kappa shape index (κ3) is 4.63. The SMILES string of the molecule is CCOCCCC(=O)N1CCN(c2ccc(N)cc2)CC1. The number of ether oxygens (including phenoxy) is 1. The zero-order valence-electron chi connectivity index (χ0n) is 12.8. The highest BCUT2D eigenvalue weighted by Crippen LogP contribution is 2.18. The quantitative estimate of drug-likeness (QED) is 0.640. The lowest BCUT2D eigenvalue weighted by atomic mass is 10.2. The highest BCUT2D eigenvalue weighted by molar-refractivity contribution is 5.76. The highest BCUT2D eigenvalue weighted by atomic mass is 16.5. The van der Waals surface area contributed by atoms with E-state index in [9.17, 15) is 4.79 Å². The van der Waals surface area contributed by atoms with Gasteiger partial charge in [0.1, 0.15) is 0 Å². The molecule has 1 aliphatic heterocycles. The van der Waals surface area contributed by atoms with Crippen LogP contribution in [-0.4, -0.2) is 50.2 Å². The third-order valence-corrected chi connectivity index (χ3v) is 3.77. The first kappa shape index (κ1) is 15.6. The number of nitrogen functional groups attached to an aromatic ring is 1. The Morgan fingerprint density at radius 3 is 2.48 bits per heavy atom. The molecule has 1 aromatic carbocycles. The Hall–Kier alpha value is -1.75. The standard InChI is InChI=1S/C16H25N3O2/c1-2-21-13-3-4-16(20)19-11-9-18(10-12-19)15-7-5-14(17)6-8-15/h5-8H,2-4,9-13,17H2,1H3. The Morgan fingerprint density at radius 1 is 1.19 bits per heavy atom. The van der Waals surface area contributed by atoms with Gasteiger partial charge in [0.2, 0.25) is 5.91 Å². The van der Waals surface area contributed by atoms with Crippen molar-refractivity contribution in [2.75, 3.05) is 50.0 Å².